The van der Waals surface area contributed by atoms with E-state index >= 15 is 0 Å². The summed E-state index contributed by atoms with van der Waals surface area (Å²) in [5.41, 5.74) is 1.66. The Balaban J connectivity index is 3.11. The zero-order chi connectivity index (χ0) is 9.68. The maximum Gasteiger partial charge on any atom is 0.251 e. The summed E-state index contributed by atoms with van der Waals surface area (Å²) < 4.78 is 0. The molecule has 0 fully saturated rings. The van der Waals surface area contributed by atoms with Crippen molar-refractivity contribution in [3.05, 3.63) is 41.5 Å². The van der Waals surface area contributed by atoms with Crippen molar-refractivity contribution >= 4 is 12.0 Å². The van der Waals surface area contributed by atoms with Gasteiger partial charge in [-0.15, -0.1) is 0 Å². The minimum atomic E-state index is -0.0475. The van der Waals surface area contributed by atoms with Gasteiger partial charge in [0.15, 0.2) is 0 Å². The van der Waals surface area contributed by atoms with Crippen LogP contribution in [0, 0.1) is 0 Å². The third-order valence-corrected chi connectivity index (χ3v) is 1.78. The van der Waals surface area contributed by atoms with Crippen molar-refractivity contribution in [1.29, 1.82) is 0 Å². The Kier molecular flexibility index (Phi) is 3.26. The second kappa shape index (κ2) is 4.45. The van der Waals surface area contributed by atoms with Gasteiger partial charge in [-0.1, -0.05) is 30.4 Å². The molecule has 0 saturated heterocycles. The lowest BCUT2D eigenvalue weighted by Gasteiger charge is -2.03. The molecule has 0 atom stereocenters. The molecule has 68 valence electrons. The first-order valence-corrected chi connectivity index (χ1v) is 4.23. The van der Waals surface area contributed by atoms with E-state index in [0.29, 0.717) is 5.56 Å². The van der Waals surface area contributed by atoms with E-state index in [9.17, 15) is 4.79 Å². The number of hydrogen-bond acceptors (Lipinski definition) is 1. The van der Waals surface area contributed by atoms with E-state index in [4.69, 9.17) is 0 Å². The molecule has 1 N–H and O–H groups in total. The third kappa shape index (κ3) is 2.18. The number of benzene rings is 1. The average Bonchev–Trinajstić information content (AvgIpc) is 2.18. The summed E-state index contributed by atoms with van der Waals surface area (Å²) in [6.07, 6.45) is 3.84. The predicted octanol–water partition coefficient (Wildman–Crippen LogP) is 2.08. The van der Waals surface area contributed by atoms with Gasteiger partial charge in [-0.3, -0.25) is 4.79 Å². The highest BCUT2D eigenvalue weighted by atomic mass is 16.1. The summed E-state index contributed by atoms with van der Waals surface area (Å²) >= 11 is 0. The predicted molar refractivity (Wildman–Crippen MR) is 54.5 cm³/mol. The molecule has 0 saturated carbocycles. The molecular weight excluding hydrogens is 162 g/mol. The Bertz CT molecular complexity index is 329. The monoisotopic (exact) mass is 175 g/mol. The van der Waals surface area contributed by atoms with E-state index in [-0.39, 0.29) is 5.91 Å². The Morgan fingerprint density at radius 1 is 1.38 bits per heavy atom. The van der Waals surface area contributed by atoms with Crippen LogP contribution < -0.4 is 5.32 Å². The number of amides is 1. The maximum atomic E-state index is 11.4. The van der Waals surface area contributed by atoms with Gasteiger partial charge in [0, 0.05) is 12.6 Å². The lowest BCUT2D eigenvalue weighted by Crippen LogP contribution is -2.18. The van der Waals surface area contributed by atoms with Crippen LogP contribution in [-0.4, -0.2) is 13.0 Å². The van der Waals surface area contributed by atoms with E-state index in [1.807, 2.05) is 43.3 Å². The van der Waals surface area contributed by atoms with Gasteiger partial charge in [0.05, 0.1) is 0 Å². The van der Waals surface area contributed by atoms with Gasteiger partial charge in [-0.25, -0.2) is 0 Å². The second-order valence-corrected chi connectivity index (χ2v) is 2.67. The molecule has 2 nitrogen and oxygen atoms in total. The van der Waals surface area contributed by atoms with Crippen LogP contribution >= 0.6 is 0 Å². The highest BCUT2D eigenvalue weighted by molar-refractivity contribution is 5.97. The first kappa shape index (κ1) is 9.52. The quantitative estimate of drug-likeness (QED) is 0.732. The van der Waals surface area contributed by atoms with Gasteiger partial charge in [0.2, 0.25) is 0 Å². The number of rotatable bonds is 2. The molecule has 0 aliphatic rings. The highest BCUT2D eigenvalue weighted by Crippen LogP contribution is 2.10. The number of allylic oxidation sites excluding steroid dienone is 1. The van der Waals surface area contributed by atoms with Crippen molar-refractivity contribution in [2.24, 2.45) is 0 Å². The summed E-state index contributed by atoms with van der Waals surface area (Å²) in [6, 6.07) is 7.51. The van der Waals surface area contributed by atoms with Crippen LogP contribution in [0.3, 0.4) is 0 Å². The van der Waals surface area contributed by atoms with Crippen molar-refractivity contribution in [2.75, 3.05) is 7.05 Å². The van der Waals surface area contributed by atoms with Gasteiger partial charge in [0.1, 0.15) is 0 Å². The molecular formula is C11H13NO. The average molecular weight is 175 g/mol. The van der Waals surface area contributed by atoms with Crippen molar-refractivity contribution < 1.29 is 4.79 Å². The third-order valence-electron chi connectivity index (χ3n) is 1.78. The van der Waals surface area contributed by atoms with Gasteiger partial charge < -0.3 is 5.32 Å². The van der Waals surface area contributed by atoms with Gasteiger partial charge >= 0.3 is 0 Å². The largest absolute Gasteiger partial charge is 0.355 e. The van der Waals surface area contributed by atoms with Gasteiger partial charge in [-0.05, 0) is 18.6 Å². The topological polar surface area (TPSA) is 29.1 Å². The second-order valence-electron chi connectivity index (χ2n) is 2.67. The number of carbonyl (C=O) groups excluding carboxylic acids is 1. The fourth-order valence-electron chi connectivity index (χ4n) is 1.16. The van der Waals surface area contributed by atoms with Crippen molar-refractivity contribution in [2.45, 2.75) is 6.92 Å². The molecule has 2 heteroatoms. The summed E-state index contributed by atoms with van der Waals surface area (Å²) in [6.45, 7) is 1.93. The number of nitrogens with one attached hydrogen (secondary N) is 1. The number of carbonyl (C=O) groups is 1. The molecule has 1 amide bonds. The van der Waals surface area contributed by atoms with E-state index in [1.165, 1.54) is 0 Å². The van der Waals surface area contributed by atoms with Crippen LogP contribution in [-0.2, 0) is 0 Å². The zero-order valence-corrected chi connectivity index (χ0v) is 7.87. The smallest absolute Gasteiger partial charge is 0.251 e. The number of hydrogen-bond donors (Lipinski definition) is 1. The van der Waals surface area contributed by atoms with E-state index in [2.05, 4.69) is 5.32 Å². The van der Waals surface area contributed by atoms with Crippen LogP contribution in [0.2, 0.25) is 0 Å². The molecule has 1 aromatic rings. The van der Waals surface area contributed by atoms with E-state index in [0.717, 1.165) is 5.56 Å². The summed E-state index contributed by atoms with van der Waals surface area (Å²) in [7, 11) is 1.63. The molecule has 0 spiro atoms. The van der Waals surface area contributed by atoms with Crippen molar-refractivity contribution in [3.8, 4) is 0 Å². The summed E-state index contributed by atoms with van der Waals surface area (Å²) in [5.74, 6) is -0.0475. The van der Waals surface area contributed by atoms with Gasteiger partial charge in [-0.2, -0.15) is 0 Å². The highest BCUT2D eigenvalue weighted by Gasteiger charge is 2.05. The van der Waals surface area contributed by atoms with Crippen LogP contribution in [0.25, 0.3) is 6.08 Å². The lowest BCUT2D eigenvalue weighted by atomic mass is 10.1. The minimum absolute atomic E-state index is 0.0475. The molecule has 0 unspecified atom stereocenters. The molecule has 1 rings (SSSR count). The Labute approximate surface area is 78.3 Å². The minimum Gasteiger partial charge on any atom is -0.355 e. The molecule has 0 aliphatic heterocycles. The standard InChI is InChI=1S/C11H13NO/c1-3-6-9-7-4-5-8-10(9)11(13)12-2/h3-8H,1-2H3,(H,12,13). The Hall–Kier alpha value is -1.57. The fraction of sp³-hybridized carbons (Fsp3) is 0.182. The molecule has 0 radical (unpaired) electrons. The van der Waals surface area contributed by atoms with Crippen LogP contribution in [0.5, 0.6) is 0 Å². The maximum absolute atomic E-state index is 11.4. The molecule has 13 heavy (non-hydrogen) atoms. The van der Waals surface area contributed by atoms with Crippen LogP contribution in [0.1, 0.15) is 22.8 Å². The van der Waals surface area contributed by atoms with Crippen molar-refractivity contribution in [3.63, 3.8) is 0 Å². The summed E-state index contributed by atoms with van der Waals surface area (Å²) in [5, 5.41) is 2.61. The first-order chi connectivity index (χ1) is 6.29. The first-order valence-electron chi connectivity index (χ1n) is 4.23. The molecule has 0 heterocycles. The zero-order valence-electron chi connectivity index (χ0n) is 7.87. The summed E-state index contributed by atoms with van der Waals surface area (Å²) in [4.78, 5) is 11.4. The molecule has 0 bridgehead atoms. The van der Waals surface area contributed by atoms with Crippen molar-refractivity contribution in [1.82, 2.24) is 5.32 Å². The van der Waals surface area contributed by atoms with Crippen LogP contribution in [0.15, 0.2) is 30.3 Å². The Morgan fingerprint density at radius 2 is 2.08 bits per heavy atom. The van der Waals surface area contributed by atoms with Crippen LogP contribution in [0.4, 0.5) is 0 Å². The SMILES string of the molecule is CC=Cc1ccccc1C(=O)NC. The molecule has 0 aromatic heterocycles. The van der Waals surface area contributed by atoms with E-state index in [1.54, 1.807) is 7.05 Å². The lowest BCUT2D eigenvalue weighted by molar-refractivity contribution is 0.0963. The Morgan fingerprint density at radius 3 is 2.69 bits per heavy atom. The molecule has 1 aromatic carbocycles. The fourth-order valence-corrected chi connectivity index (χ4v) is 1.16. The van der Waals surface area contributed by atoms with E-state index < -0.39 is 0 Å². The van der Waals surface area contributed by atoms with Gasteiger partial charge in [0.25, 0.3) is 5.91 Å². The molecule has 0 aliphatic carbocycles. The normalized spacial score (nSPS) is 10.3.